The van der Waals surface area contributed by atoms with Crippen LogP contribution in [0.3, 0.4) is 0 Å². The van der Waals surface area contributed by atoms with E-state index in [4.69, 9.17) is 29.6 Å². The van der Waals surface area contributed by atoms with Gasteiger partial charge in [-0.2, -0.15) is 0 Å². The minimum Gasteiger partial charge on any atom is -0.389 e. The third kappa shape index (κ3) is 3.22. The first-order valence-electron chi connectivity index (χ1n) is 7.42. The molecule has 2 saturated carbocycles. The van der Waals surface area contributed by atoms with Gasteiger partial charge in [0.05, 0.1) is 5.69 Å². The molecule has 112 valence electrons. The second-order valence-corrected chi connectivity index (χ2v) is 7.12. The summed E-state index contributed by atoms with van der Waals surface area (Å²) in [6, 6.07) is 5.17. The molecule has 1 aromatic carbocycles. The van der Waals surface area contributed by atoms with E-state index in [9.17, 15) is 4.79 Å². The number of carbonyl (C=O) groups is 1. The molecular weight excluding hydrogens is 304 g/mol. The van der Waals surface area contributed by atoms with Crippen LogP contribution in [0.5, 0.6) is 0 Å². The molecule has 0 aromatic heterocycles. The summed E-state index contributed by atoms with van der Waals surface area (Å²) in [6.45, 7) is 0. The zero-order valence-corrected chi connectivity index (χ0v) is 13.3. The minimum absolute atomic E-state index is 0.0346. The number of halogens is 1. The molecule has 0 saturated heterocycles. The van der Waals surface area contributed by atoms with Crippen molar-refractivity contribution in [3.8, 4) is 0 Å². The predicted molar refractivity (Wildman–Crippen MR) is 89.5 cm³/mol. The van der Waals surface area contributed by atoms with Crippen molar-refractivity contribution in [1.29, 1.82) is 0 Å². The first-order valence-corrected chi connectivity index (χ1v) is 8.20. The number of hydrogen-bond acceptors (Lipinski definition) is 2. The van der Waals surface area contributed by atoms with Gasteiger partial charge in [-0.15, -0.1) is 0 Å². The first-order chi connectivity index (χ1) is 10.0. The molecule has 3 rings (SSSR count). The molecule has 0 heterocycles. The number of hydrogen-bond donors (Lipinski definition) is 2. The third-order valence-corrected chi connectivity index (χ3v) is 5.31. The van der Waals surface area contributed by atoms with E-state index in [1.54, 1.807) is 18.2 Å². The molecule has 3 N–H and O–H groups in total. The van der Waals surface area contributed by atoms with Crippen LogP contribution >= 0.6 is 23.8 Å². The van der Waals surface area contributed by atoms with Crippen molar-refractivity contribution < 1.29 is 4.79 Å². The van der Waals surface area contributed by atoms with E-state index >= 15 is 0 Å². The predicted octanol–water partition coefficient (Wildman–Crippen LogP) is 3.74. The second kappa shape index (κ2) is 5.93. The Kier molecular flexibility index (Phi) is 4.18. The number of carbonyl (C=O) groups excluding carboxylic acids is 1. The number of nitrogens with two attached hydrogens (primary N) is 1. The van der Waals surface area contributed by atoms with E-state index in [1.807, 2.05) is 0 Å². The zero-order valence-electron chi connectivity index (χ0n) is 11.8. The summed E-state index contributed by atoms with van der Waals surface area (Å²) in [7, 11) is 0. The van der Waals surface area contributed by atoms with Crippen LogP contribution in [-0.2, 0) is 4.79 Å². The van der Waals surface area contributed by atoms with Gasteiger partial charge in [-0.05, 0) is 55.2 Å². The van der Waals surface area contributed by atoms with Gasteiger partial charge < -0.3 is 11.1 Å². The SMILES string of the molecule is NC(=S)c1ccc(Cl)cc1NC(=O)CC1CC2CCC1C2. The average Bonchev–Trinajstić information content (AvgIpc) is 3.00. The molecule has 3 nitrogen and oxygen atoms in total. The van der Waals surface area contributed by atoms with Gasteiger partial charge in [0.15, 0.2) is 0 Å². The lowest BCUT2D eigenvalue weighted by atomic mass is 9.86. The molecule has 2 aliphatic carbocycles. The highest BCUT2D eigenvalue weighted by Crippen LogP contribution is 2.49. The fraction of sp³-hybridized carbons (Fsp3) is 0.500. The van der Waals surface area contributed by atoms with E-state index in [1.165, 1.54) is 25.7 Å². The Hall–Kier alpha value is -1.13. The van der Waals surface area contributed by atoms with Crippen LogP contribution in [0.25, 0.3) is 0 Å². The Morgan fingerprint density at radius 3 is 2.81 bits per heavy atom. The number of amides is 1. The highest BCUT2D eigenvalue weighted by atomic mass is 35.5. The van der Waals surface area contributed by atoms with Crippen LogP contribution in [0.1, 0.15) is 37.7 Å². The molecule has 3 atom stereocenters. The van der Waals surface area contributed by atoms with Crippen LogP contribution in [0.2, 0.25) is 5.02 Å². The number of fused-ring (bicyclic) bond motifs is 2. The normalized spacial score (nSPS) is 26.8. The van der Waals surface area contributed by atoms with E-state index in [2.05, 4.69) is 5.32 Å². The zero-order chi connectivity index (χ0) is 15.0. The van der Waals surface area contributed by atoms with Crippen LogP contribution in [0.4, 0.5) is 5.69 Å². The molecule has 1 aromatic rings. The maximum absolute atomic E-state index is 12.3. The first kappa shape index (κ1) is 14.8. The fourth-order valence-corrected chi connectivity index (χ4v) is 4.25. The van der Waals surface area contributed by atoms with Gasteiger partial charge in [-0.25, -0.2) is 0 Å². The number of benzene rings is 1. The fourth-order valence-electron chi connectivity index (χ4n) is 3.90. The van der Waals surface area contributed by atoms with Gasteiger partial charge in [0.25, 0.3) is 0 Å². The lowest BCUT2D eigenvalue weighted by Crippen LogP contribution is -2.22. The second-order valence-electron chi connectivity index (χ2n) is 6.24. The molecule has 5 heteroatoms. The Morgan fingerprint density at radius 2 is 2.19 bits per heavy atom. The summed E-state index contributed by atoms with van der Waals surface area (Å²) in [6.07, 6.45) is 5.74. The number of rotatable bonds is 4. The molecule has 3 unspecified atom stereocenters. The van der Waals surface area contributed by atoms with E-state index < -0.39 is 0 Å². The number of nitrogens with one attached hydrogen (secondary N) is 1. The van der Waals surface area contributed by atoms with Crippen molar-refractivity contribution in [2.24, 2.45) is 23.5 Å². The molecule has 0 radical (unpaired) electrons. The van der Waals surface area contributed by atoms with Gasteiger partial charge in [0, 0.05) is 17.0 Å². The van der Waals surface area contributed by atoms with Crippen molar-refractivity contribution in [2.45, 2.75) is 32.1 Å². The number of thiocarbonyl (C=S) groups is 1. The maximum atomic E-state index is 12.3. The Bertz CT molecular complexity index is 590. The molecule has 21 heavy (non-hydrogen) atoms. The highest BCUT2D eigenvalue weighted by Gasteiger charge is 2.40. The van der Waals surface area contributed by atoms with Gasteiger partial charge >= 0.3 is 0 Å². The largest absolute Gasteiger partial charge is 0.389 e. The summed E-state index contributed by atoms with van der Waals surface area (Å²) in [5.74, 6) is 2.17. The Labute approximate surface area is 135 Å². The highest BCUT2D eigenvalue weighted by molar-refractivity contribution is 7.80. The van der Waals surface area contributed by atoms with Crippen LogP contribution in [0, 0.1) is 17.8 Å². The Balaban J connectivity index is 1.67. The molecule has 0 spiro atoms. The molecule has 0 aliphatic heterocycles. The topological polar surface area (TPSA) is 55.1 Å². The maximum Gasteiger partial charge on any atom is 0.224 e. The smallest absolute Gasteiger partial charge is 0.224 e. The molecule has 2 bridgehead atoms. The van der Waals surface area contributed by atoms with E-state index in [-0.39, 0.29) is 10.9 Å². The van der Waals surface area contributed by atoms with E-state index in [0.29, 0.717) is 28.6 Å². The molecule has 2 aliphatic rings. The van der Waals surface area contributed by atoms with Crippen molar-refractivity contribution in [1.82, 2.24) is 0 Å². The summed E-state index contributed by atoms with van der Waals surface area (Å²) >= 11 is 11.0. The molecule has 1 amide bonds. The Morgan fingerprint density at radius 1 is 1.38 bits per heavy atom. The van der Waals surface area contributed by atoms with E-state index in [0.717, 1.165) is 11.8 Å². The van der Waals surface area contributed by atoms with Gasteiger partial charge in [-0.3, -0.25) is 4.79 Å². The summed E-state index contributed by atoms with van der Waals surface area (Å²) in [5.41, 5.74) is 6.97. The van der Waals surface area contributed by atoms with Gasteiger partial charge in [0.2, 0.25) is 5.91 Å². The molecule has 2 fully saturated rings. The van der Waals surface area contributed by atoms with Crippen molar-refractivity contribution in [3.63, 3.8) is 0 Å². The lowest BCUT2D eigenvalue weighted by Gasteiger charge is -2.21. The van der Waals surface area contributed by atoms with Crippen molar-refractivity contribution in [3.05, 3.63) is 28.8 Å². The minimum atomic E-state index is 0.0346. The van der Waals surface area contributed by atoms with Gasteiger partial charge in [0.1, 0.15) is 4.99 Å². The molecular formula is C16H19ClN2OS. The van der Waals surface area contributed by atoms with Crippen LogP contribution in [-0.4, -0.2) is 10.9 Å². The summed E-state index contributed by atoms with van der Waals surface area (Å²) in [5, 5.41) is 3.49. The lowest BCUT2D eigenvalue weighted by molar-refractivity contribution is -0.117. The summed E-state index contributed by atoms with van der Waals surface area (Å²) < 4.78 is 0. The quantitative estimate of drug-likeness (QED) is 0.830. The standard InChI is InChI=1S/C16H19ClN2OS/c17-12-3-4-13(16(18)21)14(8-12)19-15(20)7-11-6-9-1-2-10(11)5-9/h3-4,8-11H,1-2,5-7H2,(H2,18,21)(H,19,20). The van der Waals surface area contributed by atoms with Crippen LogP contribution < -0.4 is 11.1 Å². The average molecular weight is 323 g/mol. The van der Waals surface area contributed by atoms with Crippen molar-refractivity contribution in [2.75, 3.05) is 5.32 Å². The third-order valence-electron chi connectivity index (χ3n) is 4.85. The van der Waals surface area contributed by atoms with Crippen molar-refractivity contribution >= 4 is 40.4 Å². The monoisotopic (exact) mass is 322 g/mol. The van der Waals surface area contributed by atoms with Crippen LogP contribution in [0.15, 0.2) is 18.2 Å². The summed E-state index contributed by atoms with van der Waals surface area (Å²) in [4.78, 5) is 12.6. The number of anilines is 1. The van der Waals surface area contributed by atoms with Gasteiger partial charge in [-0.1, -0.05) is 30.2 Å².